The molecule has 0 atom stereocenters. The van der Waals surface area contributed by atoms with E-state index in [4.69, 9.17) is 19.7 Å². The molecule has 0 spiro atoms. The van der Waals surface area contributed by atoms with Crippen LogP contribution in [0.5, 0.6) is 11.5 Å². The van der Waals surface area contributed by atoms with Crippen molar-refractivity contribution >= 4 is 10.8 Å². The van der Waals surface area contributed by atoms with E-state index in [-0.39, 0.29) is 0 Å². The Balaban J connectivity index is 1.69. The van der Waals surface area contributed by atoms with E-state index in [2.05, 4.69) is 36.4 Å². The van der Waals surface area contributed by atoms with Crippen molar-refractivity contribution in [2.45, 2.75) is 103 Å². The van der Waals surface area contributed by atoms with Gasteiger partial charge < -0.3 is 19.7 Å². The Labute approximate surface area is 207 Å². The Morgan fingerprint density at radius 1 is 0.471 bits per heavy atom. The molecule has 2 N–H and O–H groups in total. The molecule has 0 unspecified atom stereocenters. The lowest BCUT2D eigenvalue weighted by Crippen LogP contribution is -2.03. The summed E-state index contributed by atoms with van der Waals surface area (Å²) in [4.78, 5) is 0. The number of hydrogen-bond donors (Lipinski definition) is 2. The highest BCUT2D eigenvalue weighted by Gasteiger charge is 2.10. The smallest absolute Gasteiger partial charge is 0.168 e. The van der Waals surface area contributed by atoms with Crippen LogP contribution < -0.4 is 9.47 Å². The standard InChI is InChI=1S/C30H48O4/c31-23-15-9-5-1-3-7-11-17-25-33-29-22-21-27-19-13-14-20-28(27)30(29)34-26-18-12-8-4-2-6-10-16-24-32/h13-14,19-22,31-32H,1-12,15-18,23-26H2. The third-order valence-electron chi connectivity index (χ3n) is 6.45. The Kier molecular flexibility index (Phi) is 16.3. The minimum Gasteiger partial charge on any atom is -0.490 e. The first kappa shape index (κ1) is 28.5. The molecule has 0 fully saturated rings. The summed E-state index contributed by atoms with van der Waals surface area (Å²) in [7, 11) is 0. The predicted octanol–water partition coefficient (Wildman–Crippen LogP) is 7.82. The summed E-state index contributed by atoms with van der Waals surface area (Å²) in [6.07, 6.45) is 18.8. The molecule has 4 nitrogen and oxygen atoms in total. The predicted molar refractivity (Wildman–Crippen MR) is 143 cm³/mol. The lowest BCUT2D eigenvalue weighted by Gasteiger charge is -2.15. The van der Waals surface area contributed by atoms with Crippen molar-refractivity contribution in [2.24, 2.45) is 0 Å². The van der Waals surface area contributed by atoms with Crippen molar-refractivity contribution in [1.82, 2.24) is 0 Å². The number of fused-ring (bicyclic) bond motifs is 1. The van der Waals surface area contributed by atoms with Crippen molar-refractivity contribution in [3.05, 3.63) is 36.4 Å². The number of ether oxygens (including phenoxy) is 2. The number of benzene rings is 2. The number of hydrogen-bond acceptors (Lipinski definition) is 4. The van der Waals surface area contributed by atoms with Crippen LogP contribution in [0.3, 0.4) is 0 Å². The van der Waals surface area contributed by atoms with Crippen molar-refractivity contribution in [2.75, 3.05) is 26.4 Å². The van der Waals surface area contributed by atoms with Crippen LogP contribution in [0.15, 0.2) is 36.4 Å². The summed E-state index contributed by atoms with van der Waals surface area (Å²) in [5.74, 6) is 1.76. The fraction of sp³-hybridized carbons (Fsp3) is 0.667. The van der Waals surface area contributed by atoms with Crippen LogP contribution in [-0.4, -0.2) is 36.6 Å². The van der Waals surface area contributed by atoms with Gasteiger partial charge in [0.05, 0.1) is 13.2 Å². The molecule has 0 bridgehead atoms. The molecular weight excluding hydrogens is 424 g/mol. The molecule has 0 saturated heterocycles. The molecule has 0 amide bonds. The van der Waals surface area contributed by atoms with Crippen LogP contribution >= 0.6 is 0 Å². The van der Waals surface area contributed by atoms with Crippen molar-refractivity contribution in [3.8, 4) is 11.5 Å². The van der Waals surface area contributed by atoms with E-state index in [9.17, 15) is 0 Å². The van der Waals surface area contributed by atoms with Crippen LogP contribution in [0.1, 0.15) is 103 Å². The molecule has 0 aliphatic carbocycles. The van der Waals surface area contributed by atoms with Gasteiger partial charge in [-0.25, -0.2) is 0 Å². The van der Waals surface area contributed by atoms with E-state index >= 15 is 0 Å². The van der Waals surface area contributed by atoms with Gasteiger partial charge in [0.25, 0.3) is 0 Å². The van der Waals surface area contributed by atoms with E-state index in [0.29, 0.717) is 13.2 Å². The first-order valence-electron chi connectivity index (χ1n) is 13.9. The molecule has 2 rings (SSSR count). The maximum absolute atomic E-state index is 8.84. The Morgan fingerprint density at radius 3 is 1.50 bits per heavy atom. The van der Waals surface area contributed by atoms with Gasteiger partial charge in [-0.2, -0.15) is 0 Å². The van der Waals surface area contributed by atoms with Gasteiger partial charge >= 0.3 is 0 Å². The van der Waals surface area contributed by atoms with Crippen LogP contribution in [0.4, 0.5) is 0 Å². The number of unbranched alkanes of at least 4 members (excludes halogenated alkanes) is 14. The van der Waals surface area contributed by atoms with Gasteiger partial charge in [0.15, 0.2) is 11.5 Å². The van der Waals surface area contributed by atoms with Crippen molar-refractivity contribution in [1.29, 1.82) is 0 Å². The third kappa shape index (κ3) is 12.1. The summed E-state index contributed by atoms with van der Waals surface area (Å²) >= 11 is 0. The molecule has 2 aromatic rings. The minimum atomic E-state index is 0.323. The van der Waals surface area contributed by atoms with E-state index in [1.807, 2.05) is 0 Å². The second kappa shape index (κ2) is 19.5. The average molecular weight is 473 g/mol. The van der Waals surface area contributed by atoms with Crippen molar-refractivity contribution < 1.29 is 19.7 Å². The lowest BCUT2D eigenvalue weighted by molar-refractivity contribution is 0.260. The molecule has 0 aromatic heterocycles. The maximum atomic E-state index is 8.84. The highest BCUT2D eigenvalue weighted by atomic mass is 16.5. The molecule has 0 heterocycles. The van der Waals surface area contributed by atoms with Gasteiger partial charge in [-0.15, -0.1) is 0 Å². The molecule has 0 aliphatic rings. The highest BCUT2D eigenvalue weighted by molar-refractivity contribution is 5.90. The fourth-order valence-corrected chi connectivity index (χ4v) is 4.39. The molecule has 0 radical (unpaired) electrons. The SMILES string of the molecule is OCCCCCCCCCCOc1ccc2ccccc2c1OCCCCCCCCCCO. The van der Waals surface area contributed by atoms with Gasteiger partial charge in [0.1, 0.15) is 0 Å². The van der Waals surface area contributed by atoms with Crippen LogP contribution in [0, 0.1) is 0 Å². The molecule has 4 heteroatoms. The van der Waals surface area contributed by atoms with Gasteiger partial charge in [-0.05, 0) is 37.1 Å². The van der Waals surface area contributed by atoms with Gasteiger partial charge in [0.2, 0.25) is 0 Å². The summed E-state index contributed by atoms with van der Waals surface area (Å²) in [6, 6.07) is 12.6. The summed E-state index contributed by atoms with van der Waals surface area (Å²) in [5.41, 5.74) is 0. The topological polar surface area (TPSA) is 58.9 Å². The van der Waals surface area contributed by atoms with E-state index in [1.54, 1.807) is 0 Å². The second-order valence-corrected chi connectivity index (χ2v) is 9.41. The monoisotopic (exact) mass is 472 g/mol. The molecule has 34 heavy (non-hydrogen) atoms. The molecule has 192 valence electrons. The Hall–Kier alpha value is -1.78. The van der Waals surface area contributed by atoms with E-state index in [0.717, 1.165) is 68.6 Å². The van der Waals surface area contributed by atoms with E-state index < -0.39 is 0 Å². The maximum Gasteiger partial charge on any atom is 0.168 e. The highest BCUT2D eigenvalue weighted by Crippen LogP contribution is 2.36. The molecule has 2 aromatic carbocycles. The average Bonchev–Trinajstić information content (AvgIpc) is 2.87. The quantitative estimate of drug-likeness (QED) is 0.171. The van der Waals surface area contributed by atoms with Crippen LogP contribution in [0.2, 0.25) is 0 Å². The minimum absolute atomic E-state index is 0.323. The van der Waals surface area contributed by atoms with Gasteiger partial charge in [-0.1, -0.05) is 107 Å². The van der Waals surface area contributed by atoms with Crippen molar-refractivity contribution in [3.63, 3.8) is 0 Å². The summed E-state index contributed by atoms with van der Waals surface area (Å²) in [5, 5.41) is 20.0. The summed E-state index contributed by atoms with van der Waals surface area (Å²) < 4.78 is 12.5. The number of aliphatic hydroxyl groups excluding tert-OH is 2. The zero-order chi connectivity index (χ0) is 24.1. The molecule has 0 saturated carbocycles. The van der Waals surface area contributed by atoms with Crippen LogP contribution in [-0.2, 0) is 0 Å². The third-order valence-corrected chi connectivity index (χ3v) is 6.45. The first-order valence-corrected chi connectivity index (χ1v) is 13.9. The fourth-order valence-electron chi connectivity index (χ4n) is 4.39. The zero-order valence-corrected chi connectivity index (χ0v) is 21.3. The molecular formula is C30H48O4. The lowest BCUT2D eigenvalue weighted by atomic mass is 10.1. The second-order valence-electron chi connectivity index (χ2n) is 9.41. The summed E-state index contributed by atoms with van der Waals surface area (Å²) in [6.45, 7) is 2.11. The number of aliphatic hydroxyl groups is 2. The van der Waals surface area contributed by atoms with Crippen LogP contribution in [0.25, 0.3) is 10.8 Å². The first-order chi connectivity index (χ1) is 16.9. The largest absolute Gasteiger partial charge is 0.490 e. The Morgan fingerprint density at radius 2 is 0.941 bits per heavy atom. The van der Waals surface area contributed by atoms with E-state index in [1.165, 1.54) is 69.6 Å². The Bertz CT molecular complexity index is 746. The van der Waals surface area contributed by atoms with Gasteiger partial charge in [0, 0.05) is 18.6 Å². The number of rotatable bonds is 22. The molecule has 0 aliphatic heterocycles. The normalized spacial score (nSPS) is 11.2. The zero-order valence-electron chi connectivity index (χ0n) is 21.3. The van der Waals surface area contributed by atoms with Gasteiger partial charge in [-0.3, -0.25) is 0 Å².